The first-order valence-electron chi connectivity index (χ1n) is 9.64. The second kappa shape index (κ2) is 8.69. The molecule has 1 aromatic heterocycles. The molecule has 0 saturated carbocycles. The Kier molecular flexibility index (Phi) is 6.01. The fraction of sp³-hybridized carbons (Fsp3) is 0.333. The molecular weight excluding hydrogens is 422 g/mol. The van der Waals surface area contributed by atoms with Crippen molar-refractivity contribution < 1.29 is 17.9 Å². The lowest BCUT2D eigenvalue weighted by atomic mass is 10.1. The topological polar surface area (TPSA) is 92.4 Å². The van der Waals surface area contributed by atoms with Gasteiger partial charge in [0.25, 0.3) is 0 Å². The molecule has 0 spiro atoms. The first-order chi connectivity index (χ1) is 14.4. The number of amides is 1. The van der Waals surface area contributed by atoms with Gasteiger partial charge in [-0.15, -0.1) is 0 Å². The fourth-order valence-electron chi connectivity index (χ4n) is 3.60. The number of sulfone groups is 1. The second-order valence-corrected chi connectivity index (χ2v) is 10.5. The summed E-state index contributed by atoms with van der Waals surface area (Å²) in [5.41, 5.74) is 2.62. The van der Waals surface area contributed by atoms with Crippen LogP contribution in [0.15, 0.2) is 53.7 Å². The summed E-state index contributed by atoms with van der Waals surface area (Å²) in [5, 5.41) is 0.644. The van der Waals surface area contributed by atoms with Gasteiger partial charge in [-0.3, -0.25) is 4.79 Å². The summed E-state index contributed by atoms with van der Waals surface area (Å²) in [6, 6.07) is 14.9. The average Bonchev–Trinajstić information content (AvgIpc) is 3.32. The molecule has 1 aliphatic heterocycles. The minimum absolute atomic E-state index is 0.0284. The van der Waals surface area contributed by atoms with Crippen molar-refractivity contribution >= 4 is 38.5 Å². The number of methoxy groups -OCH3 is 1. The van der Waals surface area contributed by atoms with Gasteiger partial charge < -0.3 is 14.6 Å². The van der Waals surface area contributed by atoms with Gasteiger partial charge >= 0.3 is 0 Å². The van der Waals surface area contributed by atoms with Crippen molar-refractivity contribution in [2.45, 2.75) is 24.2 Å². The monoisotopic (exact) mass is 445 g/mol. The molecule has 7 nitrogen and oxygen atoms in total. The quantitative estimate of drug-likeness (QED) is 0.562. The number of H-pyrrole nitrogens is 1. The van der Waals surface area contributed by atoms with Crippen LogP contribution in [0.5, 0.6) is 5.75 Å². The van der Waals surface area contributed by atoms with Gasteiger partial charge in [-0.25, -0.2) is 13.4 Å². The van der Waals surface area contributed by atoms with Crippen molar-refractivity contribution in [2.24, 2.45) is 0 Å². The fourth-order valence-corrected chi connectivity index (χ4v) is 6.10. The molecule has 158 valence electrons. The number of thioether (sulfide) groups is 1. The predicted molar refractivity (Wildman–Crippen MR) is 117 cm³/mol. The van der Waals surface area contributed by atoms with E-state index < -0.39 is 9.84 Å². The highest BCUT2D eigenvalue weighted by atomic mass is 32.2. The van der Waals surface area contributed by atoms with Crippen molar-refractivity contribution in [3.63, 3.8) is 0 Å². The summed E-state index contributed by atoms with van der Waals surface area (Å²) in [7, 11) is -1.48. The number of rotatable bonds is 7. The minimum Gasteiger partial charge on any atom is -0.497 e. The molecule has 1 saturated heterocycles. The molecule has 0 unspecified atom stereocenters. The van der Waals surface area contributed by atoms with Gasteiger partial charge in [-0.1, -0.05) is 42.1 Å². The van der Waals surface area contributed by atoms with E-state index in [0.717, 1.165) is 22.3 Å². The Morgan fingerprint density at radius 1 is 1.27 bits per heavy atom. The molecule has 9 heteroatoms. The van der Waals surface area contributed by atoms with Crippen LogP contribution in [0.25, 0.3) is 11.0 Å². The van der Waals surface area contributed by atoms with Crippen LogP contribution in [0.2, 0.25) is 0 Å². The summed E-state index contributed by atoms with van der Waals surface area (Å²) in [4.78, 5) is 22.5. The van der Waals surface area contributed by atoms with Gasteiger partial charge in [0.1, 0.15) is 5.75 Å². The molecule has 1 aliphatic rings. The number of carbonyl (C=O) groups excluding carboxylic acids is 1. The maximum atomic E-state index is 13.1. The summed E-state index contributed by atoms with van der Waals surface area (Å²) >= 11 is 1.32. The van der Waals surface area contributed by atoms with Crippen LogP contribution < -0.4 is 4.74 Å². The van der Waals surface area contributed by atoms with E-state index in [-0.39, 0.29) is 29.2 Å². The molecule has 0 aliphatic carbocycles. The average molecular weight is 446 g/mol. The highest BCUT2D eigenvalue weighted by molar-refractivity contribution is 7.99. The zero-order valence-electron chi connectivity index (χ0n) is 16.6. The third-order valence-electron chi connectivity index (χ3n) is 5.16. The van der Waals surface area contributed by atoms with Crippen molar-refractivity contribution in [1.82, 2.24) is 14.9 Å². The van der Waals surface area contributed by atoms with E-state index in [4.69, 9.17) is 4.74 Å². The Morgan fingerprint density at radius 3 is 2.77 bits per heavy atom. The van der Waals surface area contributed by atoms with Crippen LogP contribution in [0.4, 0.5) is 0 Å². The Morgan fingerprint density at radius 2 is 2.07 bits per heavy atom. The molecule has 1 amide bonds. The lowest BCUT2D eigenvalue weighted by molar-refractivity contribution is -0.130. The zero-order chi connectivity index (χ0) is 21.1. The smallest absolute Gasteiger partial charge is 0.233 e. The number of ether oxygens (including phenoxy) is 1. The summed E-state index contributed by atoms with van der Waals surface area (Å²) < 4.78 is 29.2. The van der Waals surface area contributed by atoms with Crippen LogP contribution in [-0.2, 0) is 21.2 Å². The highest BCUT2D eigenvalue weighted by Crippen LogP contribution is 2.25. The van der Waals surface area contributed by atoms with Crippen LogP contribution in [0.1, 0.15) is 12.0 Å². The van der Waals surface area contributed by atoms with Crippen molar-refractivity contribution in [3.8, 4) is 5.75 Å². The Balaban J connectivity index is 1.48. The van der Waals surface area contributed by atoms with E-state index in [2.05, 4.69) is 9.97 Å². The number of fused-ring (bicyclic) bond motifs is 1. The number of imidazole rings is 1. The number of aromatic nitrogens is 2. The van der Waals surface area contributed by atoms with Crippen LogP contribution in [0.3, 0.4) is 0 Å². The Labute approximate surface area is 179 Å². The number of nitrogens with zero attached hydrogens (tertiary/aromatic N) is 2. The van der Waals surface area contributed by atoms with E-state index in [1.165, 1.54) is 11.8 Å². The van der Waals surface area contributed by atoms with Gasteiger partial charge in [0, 0.05) is 18.7 Å². The molecule has 30 heavy (non-hydrogen) atoms. The molecule has 2 aromatic carbocycles. The van der Waals surface area contributed by atoms with Crippen LogP contribution >= 0.6 is 11.8 Å². The number of aromatic amines is 1. The molecule has 1 fully saturated rings. The summed E-state index contributed by atoms with van der Waals surface area (Å²) in [5.74, 6) is 0.981. The summed E-state index contributed by atoms with van der Waals surface area (Å²) in [6.45, 7) is 0.401. The van der Waals surface area contributed by atoms with Crippen LogP contribution in [0, 0.1) is 0 Å². The normalized spacial score (nSPS) is 17.8. The van der Waals surface area contributed by atoms with E-state index in [1.807, 2.05) is 48.5 Å². The molecule has 1 N–H and O–H groups in total. The molecular formula is C21H23N3O4S2. The van der Waals surface area contributed by atoms with Crippen molar-refractivity contribution in [2.75, 3.05) is 24.4 Å². The van der Waals surface area contributed by atoms with E-state index >= 15 is 0 Å². The number of nitrogens with one attached hydrogen (secondary N) is 1. The van der Waals surface area contributed by atoms with Gasteiger partial charge in [0.15, 0.2) is 15.0 Å². The SMILES string of the molecule is COc1ccc2nc(SCC(=O)N(Cc3ccccc3)[C@H]3CCS(=O)(=O)C3)[nH]c2c1. The maximum absolute atomic E-state index is 13.1. The van der Waals surface area contributed by atoms with E-state index in [9.17, 15) is 13.2 Å². The highest BCUT2D eigenvalue weighted by Gasteiger charge is 2.34. The minimum atomic E-state index is -3.09. The first-order valence-corrected chi connectivity index (χ1v) is 12.4. The molecule has 3 aromatic rings. The number of hydrogen-bond donors (Lipinski definition) is 1. The lowest BCUT2D eigenvalue weighted by Gasteiger charge is -2.28. The zero-order valence-corrected chi connectivity index (χ0v) is 18.2. The molecule has 0 bridgehead atoms. The maximum Gasteiger partial charge on any atom is 0.233 e. The Bertz CT molecular complexity index is 1150. The molecule has 0 radical (unpaired) electrons. The third-order valence-corrected chi connectivity index (χ3v) is 7.77. The number of benzene rings is 2. The second-order valence-electron chi connectivity index (χ2n) is 7.28. The number of carbonyl (C=O) groups is 1. The van der Waals surface area contributed by atoms with Gasteiger partial charge in [0.05, 0.1) is 35.4 Å². The first kappa shape index (κ1) is 20.7. The molecule has 1 atom stereocenters. The van der Waals surface area contributed by atoms with E-state index in [1.54, 1.807) is 12.0 Å². The number of hydrogen-bond acceptors (Lipinski definition) is 6. The third kappa shape index (κ3) is 4.79. The largest absolute Gasteiger partial charge is 0.497 e. The Hall–Kier alpha value is -2.52. The lowest BCUT2D eigenvalue weighted by Crippen LogP contribution is -2.41. The standard InChI is InChI=1S/C21H23N3O4S2/c1-28-17-7-8-18-19(11-17)23-21(22-18)29-13-20(25)24(12-15-5-3-2-4-6-15)16-9-10-30(26,27)14-16/h2-8,11,16H,9-10,12-14H2,1H3,(H,22,23)/t16-/m0/s1. The van der Waals surface area contributed by atoms with Crippen molar-refractivity contribution in [1.29, 1.82) is 0 Å². The predicted octanol–water partition coefficient (Wildman–Crippen LogP) is 2.88. The molecule has 2 heterocycles. The summed E-state index contributed by atoms with van der Waals surface area (Å²) in [6.07, 6.45) is 0.482. The molecule has 4 rings (SSSR count). The van der Waals surface area contributed by atoms with E-state index in [0.29, 0.717) is 18.1 Å². The van der Waals surface area contributed by atoms with Crippen LogP contribution in [-0.4, -0.2) is 59.6 Å². The van der Waals surface area contributed by atoms with Crippen molar-refractivity contribution in [3.05, 3.63) is 54.1 Å². The van der Waals surface area contributed by atoms with Gasteiger partial charge in [0.2, 0.25) is 5.91 Å². The van der Waals surface area contributed by atoms with Gasteiger partial charge in [-0.2, -0.15) is 0 Å². The van der Waals surface area contributed by atoms with Gasteiger partial charge in [-0.05, 0) is 24.1 Å².